The van der Waals surface area contributed by atoms with Gasteiger partial charge in [-0.25, -0.2) is 0 Å². The van der Waals surface area contributed by atoms with Gasteiger partial charge in [-0.15, -0.1) is 0 Å². The van der Waals surface area contributed by atoms with Gasteiger partial charge in [0.15, 0.2) is 11.5 Å². The lowest BCUT2D eigenvalue weighted by Gasteiger charge is -2.32. The zero-order valence-corrected chi connectivity index (χ0v) is 15.8. The van der Waals surface area contributed by atoms with Gasteiger partial charge in [0, 0.05) is 12.6 Å². The van der Waals surface area contributed by atoms with Crippen LogP contribution in [0.4, 0.5) is 8.78 Å². The molecule has 5 heteroatoms. The minimum Gasteiger partial charge on any atom is -0.490 e. The second kappa shape index (κ2) is 8.99. The Hall–Kier alpha value is -2.14. The SMILES string of the molecule is CCOc1cc(CNC(c2ccccc2)C(C)(C)C)ccc1OC(F)F. The monoisotopic (exact) mass is 363 g/mol. The van der Waals surface area contributed by atoms with Crippen molar-refractivity contribution in [1.82, 2.24) is 5.32 Å². The van der Waals surface area contributed by atoms with Crippen molar-refractivity contribution >= 4 is 0 Å². The molecule has 0 radical (unpaired) electrons. The third-order valence-corrected chi connectivity index (χ3v) is 4.03. The Bertz CT molecular complexity index is 684. The first-order valence-electron chi connectivity index (χ1n) is 8.80. The smallest absolute Gasteiger partial charge is 0.387 e. The molecule has 0 fully saturated rings. The van der Waals surface area contributed by atoms with E-state index >= 15 is 0 Å². The lowest BCUT2D eigenvalue weighted by Crippen LogP contribution is -2.32. The zero-order valence-electron chi connectivity index (χ0n) is 15.8. The summed E-state index contributed by atoms with van der Waals surface area (Å²) in [5, 5.41) is 3.58. The highest BCUT2D eigenvalue weighted by atomic mass is 19.3. The number of hydrogen-bond acceptors (Lipinski definition) is 3. The Labute approximate surface area is 154 Å². The first kappa shape index (κ1) is 20.2. The lowest BCUT2D eigenvalue weighted by atomic mass is 9.82. The highest BCUT2D eigenvalue weighted by molar-refractivity contribution is 5.43. The highest BCUT2D eigenvalue weighted by Gasteiger charge is 2.25. The van der Waals surface area contributed by atoms with Gasteiger partial charge in [0.05, 0.1) is 6.61 Å². The molecule has 2 aromatic carbocycles. The van der Waals surface area contributed by atoms with Crippen molar-refractivity contribution in [2.45, 2.75) is 46.9 Å². The van der Waals surface area contributed by atoms with Gasteiger partial charge in [0.2, 0.25) is 0 Å². The molecule has 1 N–H and O–H groups in total. The van der Waals surface area contributed by atoms with Crippen LogP contribution in [0.5, 0.6) is 11.5 Å². The summed E-state index contributed by atoms with van der Waals surface area (Å²) in [7, 11) is 0. The Kier molecular flexibility index (Phi) is 6.98. The molecule has 0 saturated carbocycles. The fourth-order valence-electron chi connectivity index (χ4n) is 2.91. The quantitative estimate of drug-likeness (QED) is 0.666. The van der Waals surface area contributed by atoms with Crippen molar-refractivity contribution in [3.05, 3.63) is 59.7 Å². The Morgan fingerprint density at radius 3 is 2.27 bits per heavy atom. The standard InChI is InChI=1S/C21H27F2NO2/c1-5-25-18-13-15(11-12-17(18)26-20(22)23)14-24-19(21(2,3)4)16-9-7-6-8-10-16/h6-13,19-20,24H,5,14H2,1-4H3. The number of benzene rings is 2. The van der Waals surface area contributed by atoms with Gasteiger partial charge in [0.25, 0.3) is 0 Å². The van der Waals surface area contributed by atoms with E-state index in [4.69, 9.17) is 4.74 Å². The molecule has 2 aromatic rings. The van der Waals surface area contributed by atoms with Crippen LogP contribution in [-0.4, -0.2) is 13.2 Å². The number of halogens is 2. The van der Waals surface area contributed by atoms with Crippen molar-refractivity contribution in [2.24, 2.45) is 5.41 Å². The minimum absolute atomic E-state index is 0.0167. The number of nitrogens with one attached hydrogen (secondary N) is 1. The third kappa shape index (κ3) is 5.70. The fourth-order valence-corrected chi connectivity index (χ4v) is 2.91. The topological polar surface area (TPSA) is 30.5 Å². The van der Waals surface area contributed by atoms with E-state index in [2.05, 4.69) is 43.0 Å². The van der Waals surface area contributed by atoms with Gasteiger partial charge in [-0.1, -0.05) is 57.2 Å². The van der Waals surface area contributed by atoms with Crippen molar-refractivity contribution in [2.75, 3.05) is 6.61 Å². The van der Waals surface area contributed by atoms with E-state index in [1.54, 1.807) is 12.1 Å². The maximum atomic E-state index is 12.5. The number of hydrogen-bond donors (Lipinski definition) is 1. The molecule has 0 bridgehead atoms. The van der Waals surface area contributed by atoms with Crippen LogP contribution < -0.4 is 14.8 Å². The van der Waals surface area contributed by atoms with Gasteiger partial charge in [-0.2, -0.15) is 8.78 Å². The summed E-state index contributed by atoms with van der Waals surface area (Å²) in [5.41, 5.74) is 2.17. The molecule has 26 heavy (non-hydrogen) atoms. The van der Waals surface area contributed by atoms with Crippen molar-refractivity contribution in [3.8, 4) is 11.5 Å². The molecule has 0 spiro atoms. The summed E-state index contributed by atoms with van der Waals surface area (Å²) in [4.78, 5) is 0. The molecule has 1 atom stereocenters. The molecule has 3 nitrogen and oxygen atoms in total. The van der Waals surface area contributed by atoms with E-state index < -0.39 is 6.61 Å². The maximum Gasteiger partial charge on any atom is 0.387 e. The molecule has 0 aliphatic heterocycles. The first-order chi connectivity index (χ1) is 12.3. The normalized spacial score (nSPS) is 12.9. The number of ether oxygens (including phenoxy) is 2. The minimum atomic E-state index is -2.87. The molecular formula is C21H27F2NO2. The van der Waals surface area contributed by atoms with Crippen LogP contribution in [-0.2, 0) is 6.54 Å². The van der Waals surface area contributed by atoms with Crippen molar-refractivity contribution in [1.29, 1.82) is 0 Å². The summed E-state index contributed by atoms with van der Waals surface area (Å²) in [5.74, 6) is 0.389. The fraction of sp³-hybridized carbons (Fsp3) is 0.429. The average molecular weight is 363 g/mol. The molecule has 0 amide bonds. The second-order valence-electron chi connectivity index (χ2n) is 7.18. The summed E-state index contributed by atoms with van der Waals surface area (Å²) < 4.78 is 35.0. The first-order valence-corrected chi connectivity index (χ1v) is 8.80. The zero-order chi connectivity index (χ0) is 19.2. The van der Waals surface area contributed by atoms with Crippen molar-refractivity contribution < 1.29 is 18.3 Å². The molecule has 0 aliphatic carbocycles. The molecular weight excluding hydrogens is 336 g/mol. The summed E-state index contributed by atoms with van der Waals surface area (Å²) >= 11 is 0. The number of alkyl halides is 2. The predicted molar refractivity (Wildman–Crippen MR) is 99.7 cm³/mol. The Morgan fingerprint density at radius 1 is 1.00 bits per heavy atom. The molecule has 0 aliphatic rings. The molecule has 0 heterocycles. The van der Waals surface area contributed by atoms with Crippen LogP contribution in [0.25, 0.3) is 0 Å². The van der Waals surface area contributed by atoms with Gasteiger partial charge in [-0.3, -0.25) is 0 Å². The van der Waals surface area contributed by atoms with Crippen LogP contribution in [0.3, 0.4) is 0 Å². The van der Waals surface area contributed by atoms with Crippen LogP contribution in [0, 0.1) is 5.41 Å². The van der Waals surface area contributed by atoms with Crippen molar-refractivity contribution in [3.63, 3.8) is 0 Å². The van der Waals surface area contributed by atoms with E-state index in [0.29, 0.717) is 18.9 Å². The van der Waals surface area contributed by atoms with Gasteiger partial charge < -0.3 is 14.8 Å². The van der Waals surface area contributed by atoms with Crippen LogP contribution >= 0.6 is 0 Å². The summed E-state index contributed by atoms with van der Waals surface area (Å²) in [6, 6.07) is 15.5. The lowest BCUT2D eigenvalue weighted by molar-refractivity contribution is -0.0514. The van der Waals surface area contributed by atoms with Gasteiger partial charge in [0.1, 0.15) is 0 Å². The Balaban J connectivity index is 2.17. The predicted octanol–water partition coefficient (Wildman–Crippen LogP) is 5.56. The van der Waals surface area contributed by atoms with Crippen LogP contribution in [0.15, 0.2) is 48.5 Å². The van der Waals surface area contributed by atoms with E-state index in [-0.39, 0.29) is 17.2 Å². The summed E-state index contributed by atoms with van der Waals surface area (Å²) in [6.45, 7) is 6.45. The average Bonchev–Trinajstić information content (AvgIpc) is 2.57. The van der Waals surface area contributed by atoms with Crippen LogP contribution in [0.1, 0.15) is 44.9 Å². The van der Waals surface area contributed by atoms with Gasteiger partial charge in [-0.05, 0) is 35.6 Å². The molecule has 0 saturated heterocycles. The maximum absolute atomic E-state index is 12.5. The molecule has 2 rings (SSSR count). The van der Waals surface area contributed by atoms with Crippen LogP contribution in [0.2, 0.25) is 0 Å². The van der Waals surface area contributed by atoms with E-state index in [1.807, 2.05) is 25.1 Å². The highest BCUT2D eigenvalue weighted by Crippen LogP contribution is 2.34. The molecule has 0 aromatic heterocycles. The second-order valence-corrected chi connectivity index (χ2v) is 7.18. The van der Waals surface area contributed by atoms with Gasteiger partial charge >= 0.3 is 6.61 Å². The van der Waals surface area contributed by atoms with E-state index in [9.17, 15) is 8.78 Å². The number of rotatable bonds is 8. The summed E-state index contributed by atoms with van der Waals surface area (Å²) in [6.07, 6.45) is 0. The largest absolute Gasteiger partial charge is 0.490 e. The van der Waals surface area contributed by atoms with E-state index in [1.165, 1.54) is 11.6 Å². The van der Waals surface area contributed by atoms with E-state index in [0.717, 1.165) is 5.56 Å². The molecule has 1 unspecified atom stereocenters. The molecule has 142 valence electrons. The Morgan fingerprint density at radius 2 is 1.69 bits per heavy atom. The third-order valence-electron chi connectivity index (χ3n) is 4.03.